The molecule has 6 heteroatoms. The molecule has 1 aromatic heterocycles. The lowest BCUT2D eigenvalue weighted by atomic mass is 10.1. The Labute approximate surface area is 190 Å². The lowest BCUT2D eigenvalue weighted by molar-refractivity contribution is 0.284. The Morgan fingerprint density at radius 2 is 1.62 bits per heavy atom. The molecule has 0 amide bonds. The van der Waals surface area contributed by atoms with Crippen molar-refractivity contribution in [1.82, 2.24) is 9.88 Å². The van der Waals surface area contributed by atoms with Gasteiger partial charge < -0.3 is 19.1 Å². The first-order valence-electron chi connectivity index (χ1n) is 10.9. The number of benzene rings is 2. The van der Waals surface area contributed by atoms with Gasteiger partial charge in [-0.2, -0.15) is 0 Å². The van der Waals surface area contributed by atoms with E-state index < -0.39 is 0 Å². The molecular weight excluding hydrogens is 402 g/mol. The van der Waals surface area contributed by atoms with E-state index in [-0.39, 0.29) is 0 Å². The van der Waals surface area contributed by atoms with E-state index in [1.165, 1.54) is 5.56 Å². The van der Waals surface area contributed by atoms with Crippen LogP contribution in [0.3, 0.4) is 0 Å². The standard InChI is InChI=1S/C26H31N3O3/c1-19-17-23(27-21-18-22(30-2)25(31-3)26(32-4)24(19)21)29-15-13-28(14-16-29)12-8-11-20-9-6-5-7-10-20/h5-11,17-18H,12-16H2,1-4H3/b11-8+. The maximum absolute atomic E-state index is 5.67. The highest BCUT2D eigenvalue weighted by molar-refractivity contribution is 5.94. The average molecular weight is 434 g/mol. The van der Waals surface area contributed by atoms with Crippen LogP contribution in [-0.2, 0) is 0 Å². The van der Waals surface area contributed by atoms with Gasteiger partial charge >= 0.3 is 0 Å². The van der Waals surface area contributed by atoms with Gasteiger partial charge in [-0.3, -0.25) is 4.90 Å². The van der Waals surface area contributed by atoms with E-state index in [2.05, 4.69) is 59.2 Å². The summed E-state index contributed by atoms with van der Waals surface area (Å²) >= 11 is 0. The molecule has 0 N–H and O–H groups in total. The van der Waals surface area contributed by atoms with E-state index in [1.54, 1.807) is 21.3 Å². The number of piperazine rings is 1. The van der Waals surface area contributed by atoms with Crippen molar-refractivity contribution in [3.05, 3.63) is 59.7 Å². The lowest BCUT2D eigenvalue weighted by Gasteiger charge is -2.35. The van der Waals surface area contributed by atoms with Crippen molar-refractivity contribution < 1.29 is 14.2 Å². The zero-order valence-corrected chi connectivity index (χ0v) is 19.3. The lowest BCUT2D eigenvalue weighted by Crippen LogP contribution is -2.46. The number of anilines is 1. The maximum atomic E-state index is 5.67. The predicted molar refractivity (Wildman–Crippen MR) is 130 cm³/mol. The van der Waals surface area contributed by atoms with E-state index in [0.29, 0.717) is 17.2 Å². The van der Waals surface area contributed by atoms with Crippen LogP contribution in [0.4, 0.5) is 5.82 Å². The molecule has 6 nitrogen and oxygen atoms in total. The Bertz CT molecular complexity index is 1090. The number of aromatic nitrogens is 1. The summed E-state index contributed by atoms with van der Waals surface area (Å²) in [5.74, 6) is 2.87. The first-order chi connectivity index (χ1) is 15.6. The van der Waals surface area contributed by atoms with Crippen LogP contribution in [-0.4, -0.2) is 63.9 Å². The number of hydrogen-bond acceptors (Lipinski definition) is 6. The Morgan fingerprint density at radius 3 is 2.28 bits per heavy atom. The summed E-state index contributed by atoms with van der Waals surface area (Å²) in [6.07, 6.45) is 4.44. The van der Waals surface area contributed by atoms with Gasteiger partial charge in [0.25, 0.3) is 0 Å². The predicted octanol–water partition coefficient (Wildman–Crippen LogP) is 4.40. The largest absolute Gasteiger partial charge is 0.493 e. The maximum Gasteiger partial charge on any atom is 0.204 e. The van der Waals surface area contributed by atoms with Crippen molar-refractivity contribution in [2.75, 3.05) is 59.0 Å². The monoisotopic (exact) mass is 433 g/mol. The van der Waals surface area contributed by atoms with Gasteiger partial charge in [-0.05, 0) is 24.1 Å². The molecular formula is C26H31N3O3. The molecule has 1 saturated heterocycles. The van der Waals surface area contributed by atoms with Gasteiger partial charge in [0.15, 0.2) is 11.5 Å². The highest BCUT2D eigenvalue weighted by Gasteiger charge is 2.22. The van der Waals surface area contributed by atoms with E-state index in [0.717, 1.165) is 55.0 Å². The van der Waals surface area contributed by atoms with Gasteiger partial charge in [0.1, 0.15) is 5.82 Å². The second-order valence-corrected chi connectivity index (χ2v) is 7.94. The minimum absolute atomic E-state index is 0.595. The molecule has 0 spiro atoms. The molecule has 2 heterocycles. The number of fused-ring (bicyclic) bond motifs is 1. The molecule has 0 saturated carbocycles. The van der Waals surface area contributed by atoms with Gasteiger partial charge in [-0.15, -0.1) is 0 Å². The minimum atomic E-state index is 0.595. The molecule has 3 aromatic rings. The molecule has 4 rings (SSSR count). The highest BCUT2D eigenvalue weighted by atomic mass is 16.5. The normalized spacial score (nSPS) is 14.8. The Morgan fingerprint density at radius 1 is 0.906 bits per heavy atom. The van der Waals surface area contributed by atoms with Crippen LogP contribution in [0.5, 0.6) is 17.2 Å². The molecule has 0 aliphatic carbocycles. The van der Waals surface area contributed by atoms with Crippen molar-refractivity contribution >= 4 is 22.8 Å². The summed E-state index contributed by atoms with van der Waals surface area (Å²) in [6.45, 7) is 6.96. The van der Waals surface area contributed by atoms with Crippen molar-refractivity contribution in [3.8, 4) is 17.2 Å². The number of ether oxygens (including phenoxy) is 3. The molecule has 32 heavy (non-hydrogen) atoms. The molecule has 1 aliphatic heterocycles. The summed E-state index contributed by atoms with van der Waals surface area (Å²) in [6, 6.07) is 14.5. The van der Waals surface area contributed by atoms with Crippen LogP contribution in [0.15, 0.2) is 48.5 Å². The third-order valence-electron chi connectivity index (χ3n) is 5.95. The van der Waals surface area contributed by atoms with Crippen LogP contribution >= 0.6 is 0 Å². The zero-order chi connectivity index (χ0) is 22.5. The van der Waals surface area contributed by atoms with Crippen LogP contribution in [0.2, 0.25) is 0 Å². The fourth-order valence-corrected chi connectivity index (χ4v) is 4.26. The fourth-order valence-electron chi connectivity index (χ4n) is 4.26. The number of rotatable bonds is 7. The molecule has 0 bridgehead atoms. The smallest absolute Gasteiger partial charge is 0.204 e. The van der Waals surface area contributed by atoms with Crippen LogP contribution < -0.4 is 19.1 Å². The van der Waals surface area contributed by atoms with Crippen LogP contribution in [0.25, 0.3) is 17.0 Å². The third kappa shape index (κ3) is 4.50. The molecule has 1 aliphatic rings. The van der Waals surface area contributed by atoms with Gasteiger partial charge in [0.05, 0.1) is 26.8 Å². The Hall–Kier alpha value is -3.25. The highest BCUT2D eigenvalue weighted by Crippen LogP contribution is 2.44. The van der Waals surface area contributed by atoms with E-state index in [4.69, 9.17) is 19.2 Å². The topological polar surface area (TPSA) is 47.1 Å². The first-order valence-corrected chi connectivity index (χ1v) is 10.9. The van der Waals surface area contributed by atoms with Crippen LogP contribution in [0.1, 0.15) is 11.1 Å². The summed E-state index contributed by atoms with van der Waals surface area (Å²) in [4.78, 5) is 9.78. The quantitative estimate of drug-likeness (QED) is 0.550. The van der Waals surface area contributed by atoms with E-state index in [1.807, 2.05) is 12.1 Å². The minimum Gasteiger partial charge on any atom is -0.493 e. The van der Waals surface area contributed by atoms with Crippen molar-refractivity contribution in [3.63, 3.8) is 0 Å². The van der Waals surface area contributed by atoms with Gasteiger partial charge in [-0.25, -0.2) is 4.98 Å². The van der Waals surface area contributed by atoms with Crippen molar-refractivity contribution in [2.24, 2.45) is 0 Å². The third-order valence-corrected chi connectivity index (χ3v) is 5.95. The summed E-state index contributed by atoms with van der Waals surface area (Å²) < 4.78 is 16.7. The van der Waals surface area contributed by atoms with Crippen LogP contribution in [0, 0.1) is 6.92 Å². The number of hydrogen-bond donors (Lipinski definition) is 0. The average Bonchev–Trinajstić information content (AvgIpc) is 2.83. The number of aryl methyl sites for hydroxylation is 1. The summed E-state index contributed by atoms with van der Waals surface area (Å²) in [5.41, 5.74) is 3.20. The summed E-state index contributed by atoms with van der Waals surface area (Å²) in [7, 11) is 4.90. The number of methoxy groups -OCH3 is 3. The first kappa shape index (κ1) is 22.0. The van der Waals surface area contributed by atoms with Crippen molar-refractivity contribution in [2.45, 2.75) is 6.92 Å². The number of nitrogens with zero attached hydrogens (tertiary/aromatic N) is 3. The fraction of sp³-hybridized carbons (Fsp3) is 0.346. The van der Waals surface area contributed by atoms with Gasteiger partial charge in [0.2, 0.25) is 5.75 Å². The van der Waals surface area contributed by atoms with Gasteiger partial charge in [0, 0.05) is 44.2 Å². The molecule has 0 unspecified atom stereocenters. The van der Waals surface area contributed by atoms with E-state index >= 15 is 0 Å². The zero-order valence-electron chi connectivity index (χ0n) is 19.3. The second kappa shape index (κ2) is 9.92. The van der Waals surface area contributed by atoms with Crippen molar-refractivity contribution in [1.29, 1.82) is 0 Å². The molecule has 1 fully saturated rings. The van der Waals surface area contributed by atoms with E-state index in [9.17, 15) is 0 Å². The summed E-state index contributed by atoms with van der Waals surface area (Å²) in [5, 5.41) is 0.957. The molecule has 168 valence electrons. The Balaban J connectivity index is 1.49. The molecule has 0 atom stereocenters. The Kier molecular flexibility index (Phi) is 6.81. The molecule has 2 aromatic carbocycles. The number of pyridine rings is 1. The molecule has 0 radical (unpaired) electrons. The van der Waals surface area contributed by atoms with Gasteiger partial charge in [-0.1, -0.05) is 42.5 Å². The second-order valence-electron chi connectivity index (χ2n) is 7.94. The SMILES string of the molecule is COc1cc2nc(N3CCN(C/C=C/c4ccccc4)CC3)cc(C)c2c(OC)c1OC.